The van der Waals surface area contributed by atoms with E-state index in [2.05, 4.69) is 16.7 Å². The third kappa shape index (κ3) is 4.68. The summed E-state index contributed by atoms with van der Waals surface area (Å²) in [6.45, 7) is 4.47. The second-order valence-corrected chi connectivity index (χ2v) is 10.7. The predicted molar refractivity (Wildman–Crippen MR) is 141 cm³/mol. The summed E-state index contributed by atoms with van der Waals surface area (Å²) in [5.41, 5.74) is 3.35. The number of fused-ring (bicyclic) bond motifs is 3. The van der Waals surface area contributed by atoms with Crippen LogP contribution in [0.25, 0.3) is 0 Å². The molecule has 3 aliphatic rings. The number of hydrogen-bond acceptors (Lipinski definition) is 5. The van der Waals surface area contributed by atoms with Crippen molar-refractivity contribution in [3.05, 3.63) is 53.1 Å². The lowest BCUT2D eigenvalue weighted by Crippen LogP contribution is -2.49. The highest BCUT2D eigenvalue weighted by Gasteiger charge is 2.44. The van der Waals surface area contributed by atoms with Crippen molar-refractivity contribution in [2.45, 2.75) is 70.0 Å². The summed E-state index contributed by atoms with van der Waals surface area (Å²) in [4.78, 5) is 18.4. The van der Waals surface area contributed by atoms with Gasteiger partial charge in [0.25, 0.3) is 5.91 Å². The zero-order valence-corrected chi connectivity index (χ0v) is 22.2. The lowest BCUT2D eigenvalue weighted by Gasteiger charge is -2.41. The molecule has 1 amide bonds. The van der Waals surface area contributed by atoms with Crippen LogP contribution in [0.5, 0.6) is 17.2 Å². The van der Waals surface area contributed by atoms with Gasteiger partial charge in [0.05, 0.1) is 21.3 Å². The zero-order valence-electron chi connectivity index (χ0n) is 22.2. The van der Waals surface area contributed by atoms with E-state index >= 15 is 0 Å². The van der Waals surface area contributed by atoms with Crippen LogP contribution in [0.4, 0.5) is 0 Å². The molecule has 2 heterocycles. The summed E-state index contributed by atoms with van der Waals surface area (Å²) < 4.78 is 16.7. The van der Waals surface area contributed by atoms with Crippen LogP contribution in [0.2, 0.25) is 0 Å². The fourth-order valence-electron chi connectivity index (χ4n) is 7.00. The summed E-state index contributed by atoms with van der Waals surface area (Å²) in [5, 5.41) is 0. The van der Waals surface area contributed by atoms with Crippen molar-refractivity contribution in [1.82, 2.24) is 9.80 Å². The molecule has 2 unspecified atom stereocenters. The van der Waals surface area contributed by atoms with Gasteiger partial charge < -0.3 is 19.1 Å². The molecule has 2 aromatic rings. The third-order valence-corrected chi connectivity index (χ3v) is 8.57. The monoisotopic (exact) mass is 492 g/mol. The fourth-order valence-corrected chi connectivity index (χ4v) is 7.00. The first-order valence-corrected chi connectivity index (χ1v) is 13.5. The van der Waals surface area contributed by atoms with E-state index in [0.717, 1.165) is 80.8 Å². The van der Waals surface area contributed by atoms with E-state index in [1.165, 1.54) is 11.1 Å². The van der Waals surface area contributed by atoms with E-state index in [4.69, 9.17) is 14.2 Å². The fraction of sp³-hybridized carbons (Fsp3) is 0.567. The summed E-state index contributed by atoms with van der Waals surface area (Å²) in [6, 6.07) is 12.8. The molecule has 0 radical (unpaired) electrons. The summed E-state index contributed by atoms with van der Waals surface area (Å²) in [5.74, 6) is 3.48. The summed E-state index contributed by atoms with van der Waals surface area (Å²) in [7, 11) is 5.17. The van der Waals surface area contributed by atoms with Crippen LogP contribution in [-0.4, -0.2) is 68.3 Å². The molecule has 2 saturated heterocycles. The first kappa shape index (κ1) is 24.9. The smallest absolute Gasteiger partial charge is 0.254 e. The standard InChI is InChI=1S/C30H40N2O4/c1-5-13-31(24-17-26-27(18-24)29(36-4)12-11-28(26)35-3)19-20-14-22-9-10-23(15-20)32(22)30(33)21-7-6-8-25(16-21)34-2/h6-8,11-12,16,20,22-24H,5,9-10,13-15,17-19H2,1-4H3. The Morgan fingerprint density at radius 1 is 0.944 bits per heavy atom. The van der Waals surface area contributed by atoms with Crippen LogP contribution in [0.3, 0.4) is 0 Å². The summed E-state index contributed by atoms with van der Waals surface area (Å²) >= 11 is 0. The molecule has 1 aliphatic carbocycles. The van der Waals surface area contributed by atoms with E-state index in [1.54, 1.807) is 21.3 Å². The molecule has 6 heteroatoms. The molecular formula is C30H40N2O4. The van der Waals surface area contributed by atoms with Gasteiger partial charge in [-0.2, -0.15) is 0 Å². The number of nitrogens with zero attached hydrogens (tertiary/aromatic N) is 2. The van der Waals surface area contributed by atoms with Crippen LogP contribution in [0.15, 0.2) is 36.4 Å². The van der Waals surface area contributed by atoms with E-state index in [9.17, 15) is 4.79 Å². The van der Waals surface area contributed by atoms with Crippen molar-refractivity contribution in [1.29, 1.82) is 0 Å². The van der Waals surface area contributed by atoms with Crippen LogP contribution in [0.1, 0.15) is 60.5 Å². The molecule has 36 heavy (non-hydrogen) atoms. The highest BCUT2D eigenvalue weighted by Crippen LogP contribution is 2.42. The highest BCUT2D eigenvalue weighted by molar-refractivity contribution is 5.95. The molecule has 194 valence electrons. The lowest BCUT2D eigenvalue weighted by molar-refractivity contribution is 0.0455. The Morgan fingerprint density at radius 2 is 1.58 bits per heavy atom. The zero-order chi connectivity index (χ0) is 25.2. The molecule has 2 aliphatic heterocycles. The number of rotatable bonds is 9. The molecule has 0 N–H and O–H groups in total. The molecule has 2 fully saturated rings. The van der Waals surface area contributed by atoms with Gasteiger partial charge in [-0.1, -0.05) is 13.0 Å². The maximum atomic E-state index is 13.5. The largest absolute Gasteiger partial charge is 0.497 e. The van der Waals surface area contributed by atoms with Gasteiger partial charge in [0.15, 0.2) is 0 Å². The van der Waals surface area contributed by atoms with Crippen LogP contribution in [0, 0.1) is 5.92 Å². The minimum absolute atomic E-state index is 0.163. The minimum Gasteiger partial charge on any atom is -0.497 e. The van der Waals surface area contributed by atoms with Crippen molar-refractivity contribution in [3.63, 3.8) is 0 Å². The number of carbonyl (C=O) groups is 1. The third-order valence-electron chi connectivity index (χ3n) is 8.57. The SMILES string of the molecule is CCCN(CC1CC2CCC(C1)N2C(=O)c1cccc(OC)c1)C1Cc2c(OC)ccc(OC)c2C1. The van der Waals surface area contributed by atoms with Crippen molar-refractivity contribution in [2.75, 3.05) is 34.4 Å². The van der Waals surface area contributed by atoms with E-state index < -0.39 is 0 Å². The minimum atomic E-state index is 0.163. The molecule has 6 nitrogen and oxygen atoms in total. The van der Waals surface area contributed by atoms with Gasteiger partial charge in [-0.15, -0.1) is 0 Å². The Bertz CT molecular complexity index is 1040. The van der Waals surface area contributed by atoms with Crippen molar-refractivity contribution in [3.8, 4) is 17.2 Å². The number of piperidine rings is 1. The Morgan fingerprint density at radius 3 is 2.14 bits per heavy atom. The Labute approximate surface area is 215 Å². The van der Waals surface area contributed by atoms with Gasteiger partial charge in [0, 0.05) is 41.4 Å². The molecule has 0 aromatic heterocycles. The molecule has 5 rings (SSSR count). The number of methoxy groups -OCH3 is 3. The average Bonchev–Trinajstić information content (AvgIpc) is 3.46. The van der Waals surface area contributed by atoms with Crippen LogP contribution in [-0.2, 0) is 12.8 Å². The normalized spacial score (nSPS) is 23.1. The van der Waals surface area contributed by atoms with Gasteiger partial charge in [-0.3, -0.25) is 9.69 Å². The first-order valence-electron chi connectivity index (χ1n) is 13.5. The number of hydrogen-bond donors (Lipinski definition) is 0. The number of amides is 1. The van der Waals surface area contributed by atoms with E-state index in [1.807, 2.05) is 36.4 Å². The molecular weight excluding hydrogens is 452 g/mol. The van der Waals surface area contributed by atoms with Crippen molar-refractivity contribution in [2.24, 2.45) is 5.92 Å². The maximum absolute atomic E-state index is 13.5. The van der Waals surface area contributed by atoms with Gasteiger partial charge >= 0.3 is 0 Å². The molecule has 2 bridgehead atoms. The quantitative estimate of drug-likeness (QED) is 0.494. The second kappa shape index (κ2) is 10.7. The number of benzene rings is 2. The van der Waals surface area contributed by atoms with Crippen LogP contribution >= 0.6 is 0 Å². The van der Waals surface area contributed by atoms with Gasteiger partial charge in [0.2, 0.25) is 0 Å². The van der Waals surface area contributed by atoms with E-state index in [0.29, 0.717) is 24.0 Å². The summed E-state index contributed by atoms with van der Waals surface area (Å²) in [6.07, 6.45) is 7.59. The van der Waals surface area contributed by atoms with Gasteiger partial charge in [0.1, 0.15) is 17.2 Å². The Balaban J connectivity index is 1.27. The second-order valence-electron chi connectivity index (χ2n) is 10.7. The average molecular weight is 493 g/mol. The van der Waals surface area contributed by atoms with Crippen molar-refractivity contribution >= 4 is 5.91 Å². The van der Waals surface area contributed by atoms with Crippen molar-refractivity contribution < 1.29 is 19.0 Å². The number of carbonyl (C=O) groups excluding carboxylic acids is 1. The van der Waals surface area contributed by atoms with Gasteiger partial charge in [-0.05, 0) is 87.7 Å². The molecule has 2 atom stereocenters. The lowest BCUT2D eigenvalue weighted by atomic mass is 9.89. The molecule has 0 spiro atoms. The topological polar surface area (TPSA) is 51.2 Å². The number of ether oxygens (including phenoxy) is 3. The van der Waals surface area contributed by atoms with Gasteiger partial charge in [-0.25, -0.2) is 0 Å². The molecule has 0 saturated carbocycles. The highest BCUT2D eigenvalue weighted by atomic mass is 16.5. The van der Waals surface area contributed by atoms with E-state index in [-0.39, 0.29) is 5.91 Å². The Kier molecular flexibility index (Phi) is 7.42. The maximum Gasteiger partial charge on any atom is 0.254 e. The predicted octanol–water partition coefficient (Wildman–Crippen LogP) is 4.98. The Hall–Kier alpha value is -2.73. The first-order chi connectivity index (χ1) is 17.6. The van der Waals surface area contributed by atoms with Crippen LogP contribution < -0.4 is 14.2 Å². The molecule has 2 aromatic carbocycles.